The third-order valence-corrected chi connectivity index (χ3v) is 4.69. The van der Waals surface area contributed by atoms with Crippen LogP contribution < -0.4 is 5.32 Å². The maximum Gasteiger partial charge on any atom is 0.117 e. The molecular weight excluding hydrogens is 266 g/mol. The molecule has 0 spiro atoms. The Hall–Kier alpha value is -1.13. The van der Waals surface area contributed by atoms with E-state index in [4.69, 9.17) is 0 Å². The number of rotatable bonds is 6. The van der Waals surface area contributed by atoms with Crippen LogP contribution in [0.1, 0.15) is 34.1 Å². The summed E-state index contributed by atoms with van der Waals surface area (Å²) < 4.78 is 0. The standard InChI is InChI=1S/C16H23N3S/c1-5-16(3,4)19-10-12(2)20-15-13-8-6-7-9-14(13)17-11-18-15/h6-9,11-12,19H,5,10H2,1-4H3. The minimum atomic E-state index is 0.197. The Labute approximate surface area is 125 Å². The summed E-state index contributed by atoms with van der Waals surface area (Å²) in [4.78, 5) is 8.74. The number of para-hydroxylation sites is 1. The summed E-state index contributed by atoms with van der Waals surface area (Å²) in [6.45, 7) is 9.90. The van der Waals surface area contributed by atoms with Gasteiger partial charge in [-0.15, -0.1) is 11.8 Å². The van der Waals surface area contributed by atoms with E-state index in [0.29, 0.717) is 5.25 Å². The van der Waals surface area contributed by atoms with Crippen molar-refractivity contribution in [2.45, 2.75) is 49.9 Å². The summed E-state index contributed by atoms with van der Waals surface area (Å²) in [6.07, 6.45) is 2.78. The van der Waals surface area contributed by atoms with Crippen LogP contribution in [0.15, 0.2) is 35.6 Å². The molecule has 1 N–H and O–H groups in total. The summed E-state index contributed by atoms with van der Waals surface area (Å²) in [5.74, 6) is 0. The molecular formula is C16H23N3S. The van der Waals surface area contributed by atoms with Crippen molar-refractivity contribution in [2.75, 3.05) is 6.54 Å². The fourth-order valence-electron chi connectivity index (χ4n) is 1.85. The van der Waals surface area contributed by atoms with Crippen LogP contribution in [0.4, 0.5) is 0 Å². The lowest BCUT2D eigenvalue weighted by atomic mass is 10.0. The molecule has 4 heteroatoms. The van der Waals surface area contributed by atoms with Gasteiger partial charge in [0, 0.05) is 22.7 Å². The van der Waals surface area contributed by atoms with Crippen LogP contribution in [0.2, 0.25) is 0 Å². The maximum atomic E-state index is 4.44. The molecule has 108 valence electrons. The third kappa shape index (κ3) is 3.93. The van der Waals surface area contributed by atoms with Crippen molar-refractivity contribution >= 4 is 22.7 Å². The lowest BCUT2D eigenvalue weighted by Gasteiger charge is -2.26. The molecule has 0 saturated heterocycles. The van der Waals surface area contributed by atoms with E-state index in [1.54, 1.807) is 6.33 Å². The van der Waals surface area contributed by atoms with Gasteiger partial charge in [0.1, 0.15) is 11.4 Å². The van der Waals surface area contributed by atoms with Crippen molar-refractivity contribution in [1.29, 1.82) is 0 Å². The van der Waals surface area contributed by atoms with Crippen LogP contribution in [0.3, 0.4) is 0 Å². The van der Waals surface area contributed by atoms with Crippen LogP contribution in [-0.4, -0.2) is 27.3 Å². The van der Waals surface area contributed by atoms with E-state index in [0.717, 1.165) is 28.9 Å². The van der Waals surface area contributed by atoms with Crippen LogP contribution in [0, 0.1) is 0 Å². The van der Waals surface area contributed by atoms with Gasteiger partial charge in [-0.05, 0) is 26.3 Å². The zero-order chi connectivity index (χ0) is 14.6. The van der Waals surface area contributed by atoms with E-state index in [-0.39, 0.29) is 5.54 Å². The molecule has 20 heavy (non-hydrogen) atoms. The summed E-state index contributed by atoms with van der Waals surface area (Å²) in [7, 11) is 0. The van der Waals surface area contributed by atoms with E-state index in [1.165, 1.54) is 0 Å². The van der Waals surface area contributed by atoms with Crippen molar-refractivity contribution < 1.29 is 0 Å². The first kappa shape index (κ1) is 15.3. The Balaban J connectivity index is 2.05. The molecule has 0 bridgehead atoms. The molecule has 1 atom stereocenters. The number of hydrogen-bond donors (Lipinski definition) is 1. The molecule has 0 aliphatic carbocycles. The van der Waals surface area contributed by atoms with Crippen molar-refractivity contribution in [2.24, 2.45) is 0 Å². The third-order valence-electron chi connectivity index (χ3n) is 3.57. The fraction of sp³-hybridized carbons (Fsp3) is 0.500. The molecule has 1 aromatic carbocycles. The first-order chi connectivity index (χ1) is 9.52. The van der Waals surface area contributed by atoms with Gasteiger partial charge in [-0.2, -0.15) is 0 Å². The average molecular weight is 289 g/mol. The van der Waals surface area contributed by atoms with Gasteiger partial charge in [-0.1, -0.05) is 32.0 Å². The van der Waals surface area contributed by atoms with Gasteiger partial charge in [-0.3, -0.25) is 0 Å². The summed E-state index contributed by atoms with van der Waals surface area (Å²) in [5.41, 5.74) is 1.21. The molecule has 0 saturated carbocycles. The van der Waals surface area contributed by atoms with E-state index in [9.17, 15) is 0 Å². The highest BCUT2D eigenvalue weighted by Crippen LogP contribution is 2.27. The SMILES string of the molecule is CCC(C)(C)NCC(C)Sc1ncnc2ccccc12. The van der Waals surface area contributed by atoms with E-state index < -0.39 is 0 Å². The molecule has 0 aliphatic heterocycles. The zero-order valence-corrected chi connectivity index (χ0v) is 13.5. The number of fused-ring (bicyclic) bond motifs is 1. The largest absolute Gasteiger partial charge is 0.311 e. The van der Waals surface area contributed by atoms with Crippen molar-refractivity contribution in [3.63, 3.8) is 0 Å². The first-order valence-electron chi connectivity index (χ1n) is 7.13. The summed E-state index contributed by atoms with van der Waals surface area (Å²) in [5, 5.41) is 6.29. The predicted octanol–water partition coefficient (Wildman–Crippen LogP) is 3.89. The Morgan fingerprint density at radius 2 is 2.00 bits per heavy atom. The van der Waals surface area contributed by atoms with Crippen LogP contribution in [0.25, 0.3) is 10.9 Å². The number of benzene rings is 1. The summed E-state index contributed by atoms with van der Waals surface area (Å²) in [6, 6.07) is 8.18. The van der Waals surface area contributed by atoms with Crippen molar-refractivity contribution in [3.8, 4) is 0 Å². The number of aromatic nitrogens is 2. The molecule has 1 heterocycles. The highest BCUT2D eigenvalue weighted by atomic mass is 32.2. The van der Waals surface area contributed by atoms with Crippen LogP contribution in [0.5, 0.6) is 0 Å². The van der Waals surface area contributed by atoms with Gasteiger partial charge in [-0.25, -0.2) is 9.97 Å². The van der Waals surface area contributed by atoms with E-state index >= 15 is 0 Å². The lowest BCUT2D eigenvalue weighted by Crippen LogP contribution is -2.41. The molecule has 0 amide bonds. The molecule has 2 rings (SSSR count). The van der Waals surface area contributed by atoms with Crippen LogP contribution in [-0.2, 0) is 0 Å². The Morgan fingerprint density at radius 1 is 1.25 bits per heavy atom. The highest BCUT2D eigenvalue weighted by molar-refractivity contribution is 8.00. The first-order valence-corrected chi connectivity index (χ1v) is 8.01. The number of hydrogen-bond acceptors (Lipinski definition) is 4. The van der Waals surface area contributed by atoms with Gasteiger partial charge < -0.3 is 5.32 Å². The van der Waals surface area contributed by atoms with E-state index in [1.807, 2.05) is 30.0 Å². The fourth-order valence-corrected chi connectivity index (χ4v) is 2.81. The monoisotopic (exact) mass is 289 g/mol. The second-order valence-electron chi connectivity index (χ2n) is 5.74. The molecule has 2 aromatic rings. The van der Waals surface area contributed by atoms with Crippen molar-refractivity contribution in [3.05, 3.63) is 30.6 Å². The number of thioether (sulfide) groups is 1. The predicted molar refractivity (Wildman–Crippen MR) is 87.2 cm³/mol. The average Bonchev–Trinajstić information content (AvgIpc) is 2.46. The Bertz CT molecular complexity index is 563. The maximum absolute atomic E-state index is 4.44. The van der Waals surface area contributed by atoms with Gasteiger partial charge in [0.15, 0.2) is 0 Å². The molecule has 1 aromatic heterocycles. The smallest absolute Gasteiger partial charge is 0.117 e. The second-order valence-corrected chi connectivity index (χ2v) is 7.17. The minimum Gasteiger partial charge on any atom is -0.311 e. The van der Waals surface area contributed by atoms with Gasteiger partial charge in [0.2, 0.25) is 0 Å². The molecule has 0 radical (unpaired) electrons. The van der Waals surface area contributed by atoms with Gasteiger partial charge >= 0.3 is 0 Å². The molecule has 0 aliphatic rings. The van der Waals surface area contributed by atoms with Gasteiger partial charge in [0.25, 0.3) is 0 Å². The van der Waals surface area contributed by atoms with E-state index in [2.05, 4.69) is 49.0 Å². The van der Waals surface area contributed by atoms with Gasteiger partial charge in [0.05, 0.1) is 5.52 Å². The summed E-state index contributed by atoms with van der Waals surface area (Å²) >= 11 is 1.81. The topological polar surface area (TPSA) is 37.8 Å². The zero-order valence-electron chi connectivity index (χ0n) is 12.7. The second kappa shape index (κ2) is 6.55. The molecule has 3 nitrogen and oxygen atoms in total. The molecule has 0 fully saturated rings. The number of nitrogens with one attached hydrogen (secondary N) is 1. The molecule has 1 unspecified atom stereocenters. The number of nitrogens with zero attached hydrogens (tertiary/aromatic N) is 2. The minimum absolute atomic E-state index is 0.197. The Morgan fingerprint density at radius 3 is 2.75 bits per heavy atom. The van der Waals surface area contributed by atoms with Crippen molar-refractivity contribution in [1.82, 2.24) is 15.3 Å². The Kier molecular flexibility index (Phi) is 5.00. The highest BCUT2D eigenvalue weighted by Gasteiger charge is 2.16. The normalized spacial score (nSPS) is 13.6. The van der Waals surface area contributed by atoms with Crippen LogP contribution >= 0.6 is 11.8 Å². The lowest BCUT2D eigenvalue weighted by molar-refractivity contribution is 0.379. The quantitative estimate of drug-likeness (QED) is 0.647.